The largest absolute Gasteiger partial charge is 0.493 e. The number of hydrogen-bond donors (Lipinski definition) is 0. The van der Waals surface area contributed by atoms with Gasteiger partial charge in [0.25, 0.3) is 0 Å². The number of aryl methyl sites for hydroxylation is 1. The van der Waals surface area contributed by atoms with Crippen LogP contribution in [0.2, 0.25) is 0 Å². The van der Waals surface area contributed by atoms with Gasteiger partial charge >= 0.3 is 0 Å². The Morgan fingerprint density at radius 3 is 2.45 bits per heavy atom. The summed E-state index contributed by atoms with van der Waals surface area (Å²) < 4.78 is 11.2. The SMILES string of the molecule is COc1cc(/C=C/C(C)=O)ccc1OCc1ccc(C)cc1. The predicted molar refractivity (Wildman–Crippen MR) is 88.2 cm³/mol. The van der Waals surface area contributed by atoms with E-state index >= 15 is 0 Å². The third-order valence-corrected chi connectivity index (χ3v) is 3.21. The maximum Gasteiger partial charge on any atom is 0.161 e. The molecule has 0 aliphatic carbocycles. The van der Waals surface area contributed by atoms with Gasteiger partial charge in [-0.3, -0.25) is 4.79 Å². The number of methoxy groups -OCH3 is 1. The average molecular weight is 296 g/mol. The molecular weight excluding hydrogens is 276 g/mol. The monoisotopic (exact) mass is 296 g/mol. The zero-order valence-corrected chi connectivity index (χ0v) is 13.1. The van der Waals surface area contributed by atoms with Crippen molar-refractivity contribution < 1.29 is 14.3 Å². The summed E-state index contributed by atoms with van der Waals surface area (Å²) in [6.07, 6.45) is 3.29. The molecule has 0 aliphatic heterocycles. The summed E-state index contributed by atoms with van der Waals surface area (Å²) in [6, 6.07) is 13.8. The Morgan fingerprint density at radius 2 is 1.82 bits per heavy atom. The van der Waals surface area contributed by atoms with Crippen molar-refractivity contribution in [3.63, 3.8) is 0 Å². The number of hydrogen-bond acceptors (Lipinski definition) is 3. The normalized spacial score (nSPS) is 10.7. The molecule has 0 fully saturated rings. The van der Waals surface area contributed by atoms with Crippen LogP contribution in [0.4, 0.5) is 0 Å². The van der Waals surface area contributed by atoms with E-state index in [1.54, 1.807) is 13.2 Å². The Balaban J connectivity index is 2.10. The molecule has 2 aromatic rings. The van der Waals surface area contributed by atoms with E-state index < -0.39 is 0 Å². The van der Waals surface area contributed by atoms with Crippen LogP contribution in [-0.2, 0) is 11.4 Å². The highest BCUT2D eigenvalue weighted by Crippen LogP contribution is 2.29. The Labute approximate surface area is 131 Å². The molecule has 2 aromatic carbocycles. The molecule has 3 nitrogen and oxygen atoms in total. The van der Waals surface area contributed by atoms with Gasteiger partial charge in [-0.15, -0.1) is 0 Å². The second-order valence-corrected chi connectivity index (χ2v) is 5.13. The predicted octanol–water partition coefficient (Wildman–Crippen LogP) is 4.18. The van der Waals surface area contributed by atoms with Gasteiger partial charge in [0.1, 0.15) is 6.61 Å². The smallest absolute Gasteiger partial charge is 0.161 e. The Morgan fingerprint density at radius 1 is 1.09 bits per heavy atom. The van der Waals surface area contributed by atoms with Crippen molar-refractivity contribution in [1.29, 1.82) is 0 Å². The molecule has 0 saturated heterocycles. The van der Waals surface area contributed by atoms with E-state index in [9.17, 15) is 4.79 Å². The van der Waals surface area contributed by atoms with Crippen molar-refractivity contribution in [3.8, 4) is 11.5 Å². The number of ether oxygens (including phenoxy) is 2. The summed E-state index contributed by atoms with van der Waals surface area (Å²) in [5, 5.41) is 0. The van der Waals surface area contributed by atoms with Crippen LogP contribution in [0.25, 0.3) is 6.08 Å². The lowest BCUT2D eigenvalue weighted by Gasteiger charge is -2.11. The second-order valence-electron chi connectivity index (χ2n) is 5.13. The van der Waals surface area contributed by atoms with Crippen molar-refractivity contribution in [3.05, 3.63) is 65.2 Å². The molecule has 0 atom stereocenters. The molecule has 0 N–H and O–H groups in total. The number of carbonyl (C=O) groups is 1. The van der Waals surface area contributed by atoms with Crippen molar-refractivity contribution in [1.82, 2.24) is 0 Å². The number of carbonyl (C=O) groups excluding carboxylic acids is 1. The zero-order valence-electron chi connectivity index (χ0n) is 13.1. The van der Waals surface area contributed by atoms with E-state index in [2.05, 4.69) is 19.1 Å². The van der Waals surface area contributed by atoms with Gasteiger partial charge in [-0.2, -0.15) is 0 Å². The summed E-state index contributed by atoms with van der Waals surface area (Å²) in [5.74, 6) is 1.35. The molecule has 0 aromatic heterocycles. The third-order valence-electron chi connectivity index (χ3n) is 3.21. The fourth-order valence-corrected chi connectivity index (χ4v) is 1.97. The van der Waals surface area contributed by atoms with Crippen LogP contribution in [0.15, 0.2) is 48.5 Å². The highest BCUT2D eigenvalue weighted by Gasteiger charge is 2.05. The molecule has 0 bridgehead atoms. The standard InChI is InChI=1S/C19H20O3/c1-14-4-7-17(8-5-14)13-22-18-11-10-16(9-6-15(2)20)12-19(18)21-3/h4-12H,13H2,1-3H3/b9-6+. The Hall–Kier alpha value is -2.55. The minimum absolute atomic E-state index is 0.0127. The number of benzene rings is 2. The molecule has 2 rings (SSSR count). The van der Waals surface area contributed by atoms with Crippen LogP contribution in [0.5, 0.6) is 11.5 Å². The molecule has 0 spiro atoms. The lowest BCUT2D eigenvalue weighted by atomic mass is 10.1. The number of allylic oxidation sites excluding steroid dienone is 1. The molecular formula is C19H20O3. The van der Waals surface area contributed by atoms with E-state index in [0.29, 0.717) is 18.1 Å². The van der Waals surface area contributed by atoms with E-state index in [1.807, 2.05) is 30.3 Å². The van der Waals surface area contributed by atoms with E-state index in [1.165, 1.54) is 18.6 Å². The molecule has 0 unspecified atom stereocenters. The summed E-state index contributed by atoms with van der Waals surface area (Å²) in [7, 11) is 1.60. The van der Waals surface area contributed by atoms with Crippen molar-refractivity contribution in [2.24, 2.45) is 0 Å². The molecule has 22 heavy (non-hydrogen) atoms. The Bertz CT molecular complexity index is 670. The van der Waals surface area contributed by atoms with E-state index in [0.717, 1.165) is 11.1 Å². The highest BCUT2D eigenvalue weighted by molar-refractivity contribution is 5.91. The molecule has 114 valence electrons. The van der Waals surface area contributed by atoms with Gasteiger partial charge in [-0.05, 0) is 43.2 Å². The second kappa shape index (κ2) is 7.46. The van der Waals surface area contributed by atoms with Gasteiger partial charge in [-0.1, -0.05) is 42.0 Å². The minimum atomic E-state index is 0.0127. The van der Waals surface area contributed by atoms with Crippen LogP contribution in [0.3, 0.4) is 0 Å². The zero-order chi connectivity index (χ0) is 15.9. The van der Waals surface area contributed by atoms with Gasteiger partial charge in [0.05, 0.1) is 7.11 Å². The first-order valence-corrected chi connectivity index (χ1v) is 7.13. The first-order valence-electron chi connectivity index (χ1n) is 7.13. The first kappa shape index (κ1) is 15.8. The molecule has 0 radical (unpaired) electrons. The van der Waals surface area contributed by atoms with Gasteiger partial charge < -0.3 is 9.47 Å². The number of ketones is 1. The molecule has 0 aliphatic rings. The van der Waals surface area contributed by atoms with Crippen LogP contribution in [0, 0.1) is 6.92 Å². The fourth-order valence-electron chi connectivity index (χ4n) is 1.97. The van der Waals surface area contributed by atoms with Crippen molar-refractivity contribution in [2.75, 3.05) is 7.11 Å². The lowest BCUT2D eigenvalue weighted by Crippen LogP contribution is -1.98. The Kier molecular flexibility index (Phi) is 5.37. The van der Waals surface area contributed by atoms with E-state index in [-0.39, 0.29) is 5.78 Å². The fraction of sp³-hybridized carbons (Fsp3) is 0.211. The van der Waals surface area contributed by atoms with Gasteiger partial charge in [-0.25, -0.2) is 0 Å². The quantitative estimate of drug-likeness (QED) is 0.750. The summed E-state index contributed by atoms with van der Waals surface area (Å²) in [5.41, 5.74) is 3.23. The van der Waals surface area contributed by atoms with Crippen LogP contribution in [0.1, 0.15) is 23.6 Å². The molecule has 3 heteroatoms. The summed E-state index contributed by atoms with van der Waals surface area (Å²) in [6.45, 7) is 4.06. The average Bonchev–Trinajstić information content (AvgIpc) is 2.52. The van der Waals surface area contributed by atoms with Crippen molar-refractivity contribution >= 4 is 11.9 Å². The minimum Gasteiger partial charge on any atom is -0.493 e. The number of rotatable bonds is 6. The van der Waals surface area contributed by atoms with Crippen LogP contribution >= 0.6 is 0 Å². The topological polar surface area (TPSA) is 35.5 Å². The first-order chi connectivity index (χ1) is 10.6. The molecule has 0 amide bonds. The highest BCUT2D eigenvalue weighted by atomic mass is 16.5. The lowest BCUT2D eigenvalue weighted by molar-refractivity contribution is -0.112. The summed E-state index contributed by atoms with van der Waals surface area (Å²) >= 11 is 0. The maximum absolute atomic E-state index is 11.0. The van der Waals surface area contributed by atoms with Crippen LogP contribution in [-0.4, -0.2) is 12.9 Å². The maximum atomic E-state index is 11.0. The van der Waals surface area contributed by atoms with Gasteiger partial charge in [0, 0.05) is 0 Å². The van der Waals surface area contributed by atoms with Crippen LogP contribution < -0.4 is 9.47 Å². The van der Waals surface area contributed by atoms with Crippen molar-refractivity contribution in [2.45, 2.75) is 20.5 Å². The molecule has 0 saturated carbocycles. The third kappa shape index (κ3) is 4.48. The van der Waals surface area contributed by atoms with Gasteiger partial charge in [0.2, 0.25) is 0 Å². The summed E-state index contributed by atoms with van der Waals surface area (Å²) in [4.78, 5) is 11.0. The van der Waals surface area contributed by atoms with E-state index in [4.69, 9.17) is 9.47 Å². The van der Waals surface area contributed by atoms with Gasteiger partial charge in [0.15, 0.2) is 17.3 Å². The molecule has 0 heterocycles.